The summed E-state index contributed by atoms with van der Waals surface area (Å²) in [5.41, 5.74) is 1.56. The molecule has 7 heteroatoms. The fraction of sp³-hybridized carbons (Fsp3) is 0.263. The fourth-order valence-electron chi connectivity index (χ4n) is 3.09. The van der Waals surface area contributed by atoms with Gasteiger partial charge in [0.1, 0.15) is 5.52 Å². The van der Waals surface area contributed by atoms with E-state index in [9.17, 15) is 18.0 Å². The number of pyridine rings is 2. The Morgan fingerprint density at radius 1 is 1.23 bits per heavy atom. The first kappa shape index (κ1) is 18.6. The van der Waals surface area contributed by atoms with E-state index in [1.54, 1.807) is 12.1 Å². The normalized spacial score (nSPS) is 11.9. The van der Waals surface area contributed by atoms with Crippen molar-refractivity contribution >= 4 is 27.0 Å². The molecule has 0 amide bonds. The van der Waals surface area contributed by atoms with Crippen LogP contribution in [-0.4, -0.2) is 9.55 Å². The Morgan fingerprint density at radius 3 is 2.62 bits per heavy atom. The van der Waals surface area contributed by atoms with Crippen molar-refractivity contribution < 1.29 is 13.2 Å². The summed E-state index contributed by atoms with van der Waals surface area (Å²) < 4.78 is 42.2. The summed E-state index contributed by atoms with van der Waals surface area (Å²) in [5.74, 6) is 0. The summed E-state index contributed by atoms with van der Waals surface area (Å²) in [6.07, 6.45) is -2.28. The lowest BCUT2D eigenvalue weighted by atomic mass is 10.0. The lowest BCUT2D eigenvalue weighted by Crippen LogP contribution is -2.17. The van der Waals surface area contributed by atoms with Crippen LogP contribution in [0.4, 0.5) is 13.2 Å². The van der Waals surface area contributed by atoms with E-state index in [-0.39, 0.29) is 17.5 Å². The second-order valence-corrected chi connectivity index (χ2v) is 6.96. The van der Waals surface area contributed by atoms with E-state index in [0.29, 0.717) is 27.5 Å². The minimum Gasteiger partial charge on any atom is -0.339 e. The molecule has 136 valence electrons. The molecule has 0 unspecified atom stereocenters. The molecule has 0 fully saturated rings. The fourth-order valence-corrected chi connectivity index (χ4v) is 3.41. The highest BCUT2D eigenvalue weighted by atomic mass is 79.9. The molecule has 0 bridgehead atoms. The first-order chi connectivity index (χ1) is 12.2. The Bertz CT molecular complexity index is 1040. The van der Waals surface area contributed by atoms with Crippen LogP contribution in [0.3, 0.4) is 0 Å². The molecule has 3 rings (SSSR count). The molecule has 2 heterocycles. The second-order valence-electron chi connectivity index (χ2n) is 6.05. The summed E-state index contributed by atoms with van der Waals surface area (Å²) >= 11 is 3.35. The predicted molar refractivity (Wildman–Crippen MR) is 98.4 cm³/mol. The Kier molecular flexibility index (Phi) is 4.92. The Hall–Kier alpha value is -2.15. The number of fused-ring (bicyclic) bond motifs is 1. The van der Waals surface area contributed by atoms with Crippen LogP contribution in [0.1, 0.15) is 29.3 Å². The zero-order chi connectivity index (χ0) is 19.1. The minimum atomic E-state index is -4.40. The number of alkyl halides is 3. The van der Waals surface area contributed by atoms with Gasteiger partial charge in [-0.25, -0.2) is 4.98 Å². The molecule has 0 spiro atoms. The topological polar surface area (TPSA) is 34.9 Å². The van der Waals surface area contributed by atoms with Crippen molar-refractivity contribution in [3.8, 4) is 0 Å². The summed E-state index contributed by atoms with van der Waals surface area (Å²) in [6, 6.07) is 7.45. The van der Waals surface area contributed by atoms with E-state index >= 15 is 0 Å². The number of hydrogen-bond acceptors (Lipinski definition) is 2. The molecule has 0 saturated carbocycles. The molecular formula is C19H16BrF3N2O. The van der Waals surface area contributed by atoms with E-state index in [1.807, 2.05) is 11.5 Å². The lowest BCUT2D eigenvalue weighted by molar-refractivity contribution is -0.138. The number of rotatable bonds is 3. The van der Waals surface area contributed by atoms with E-state index < -0.39 is 11.7 Å². The molecule has 0 aliphatic heterocycles. The average Bonchev–Trinajstić information content (AvgIpc) is 2.57. The van der Waals surface area contributed by atoms with Crippen LogP contribution >= 0.6 is 15.9 Å². The molecule has 0 N–H and O–H groups in total. The van der Waals surface area contributed by atoms with Gasteiger partial charge in [-0.2, -0.15) is 13.2 Å². The third-order valence-electron chi connectivity index (χ3n) is 4.44. The molecule has 0 radical (unpaired) electrons. The van der Waals surface area contributed by atoms with Crippen LogP contribution in [0.15, 0.2) is 45.8 Å². The van der Waals surface area contributed by atoms with Crippen LogP contribution in [-0.2, 0) is 19.1 Å². The van der Waals surface area contributed by atoms with Crippen molar-refractivity contribution in [2.75, 3.05) is 0 Å². The van der Waals surface area contributed by atoms with Crippen molar-refractivity contribution in [2.45, 2.75) is 33.0 Å². The van der Waals surface area contributed by atoms with Crippen LogP contribution in [0.2, 0.25) is 0 Å². The molecule has 3 nitrogen and oxygen atoms in total. The maximum absolute atomic E-state index is 13.2. The van der Waals surface area contributed by atoms with Gasteiger partial charge in [-0.1, -0.05) is 19.1 Å². The van der Waals surface area contributed by atoms with Gasteiger partial charge < -0.3 is 4.57 Å². The lowest BCUT2D eigenvalue weighted by Gasteiger charge is -2.19. The van der Waals surface area contributed by atoms with E-state index in [0.717, 1.165) is 11.8 Å². The van der Waals surface area contributed by atoms with Gasteiger partial charge in [-0.3, -0.25) is 4.79 Å². The quantitative estimate of drug-likeness (QED) is 0.586. The largest absolute Gasteiger partial charge is 0.416 e. The molecule has 3 aromatic rings. The zero-order valence-electron chi connectivity index (χ0n) is 14.2. The molecule has 0 aliphatic carbocycles. The van der Waals surface area contributed by atoms with E-state index in [2.05, 4.69) is 20.9 Å². The number of aromatic nitrogens is 2. The van der Waals surface area contributed by atoms with Crippen LogP contribution in [0.25, 0.3) is 11.0 Å². The summed E-state index contributed by atoms with van der Waals surface area (Å²) in [5, 5.41) is 0. The van der Waals surface area contributed by atoms with Crippen LogP contribution in [0, 0.1) is 6.92 Å². The van der Waals surface area contributed by atoms with Crippen molar-refractivity contribution in [3.63, 3.8) is 0 Å². The van der Waals surface area contributed by atoms with Gasteiger partial charge in [0.2, 0.25) is 5.43 Å². The SMILES string of the molecule is CCc1cc(=O)c2ncc(Br)cc2n1Cc1cccc(C(F)(F)F)c1C. The summed E-state index contributed by atoms with van der Waals surface area (Å²) in [4.78, 5) is 16.5. The Morgan fingerprint density at radius 2 is 1.96 bits per heavy atom. The van der Waals surface area contributed by atoms with Crippen LogP contribution < -0.4 is 5.43 Å². The van der Waals surface area contributed by atoms with Crippen molar-refractivity contribution in [3.05, 3.63) is 73.6 Å². The number of halogens is 4. The highest BCUT2D eigenvalue weighted by Crippen LogP contribution is 2.33. The predicted octanol–water partition coefficient (Wildman–Crippen LogP) is 5.10. The number of benzene rings is 1. The van der Waals surface area contributed by atoms with E-state index in [4.69, 9.17) is 0 Å². The van der Waals surface area contributed by atoms with Crippen LogP contribution in [0.5, 0.6) is 0 Å². The van der Waals surface area contributed by atoms with Gasteiger partial charge >= 0.3 is 6.18 Å². The Balaban J connectivity index is 2.23. The molecule has 0 atom stereocenters. The molecule has 0 aliphatic rings. The molecule has 0 saturated heterocycles. The van der Waals surface area contributed by atoms with Gasteiger partial charge in [0, 0.05) is 29.0 Å². The molecule has 2 aromatic heterocycles. The van der Waals surface area contributed by atoms with Gasteiger partial charge in [0.25, 0.3) is 0 Å². The summed E-state index contributed by atoms with van der Waals surface area (Å²) in [7, 11) is 0. The maximum atomic E-state index is 13.2. The Labute approximate surface area is 156 Å². The summed E-state index contributed by atoms with van der Waals surface area (Å²) in [6.45, 7) is 3.61. The van der Waals surface area contributed by atoms with Gasteiger partial charge in [-0.05, 0) is 52.5 Å². The average molecular weight is 425 g/mol. The molecule has 1 aromatic carbocycles. The first-order valence-electron chi connectivity index (χ1n) is 8.06. The number of aryl methyl sites for hydroxylation is 1. The smallest absolute Gasteiger partial charge is 0.339 e. The van der Waals surface area contributed by atoms with Crippen molar-refractivity contribution in [1.29, 1.82) is 0 Å². The molecular weight excluding hydrogens is 409 g/mol. The third kappa shape index (κ3) is 3.40. The first-order valence-corrected chi connectivity index (χ1v) is 8.85. The highest BCUT2D eigenvalue weighted by molar-refractivity contribution is 9.10. The van der Waals surface area contributed by atoms with Gasteiger partial charge in [0.15, 0.2) is 0 Å². The standard InChI is InChI=1S/C19H16BrF3N2O/c1-3-14-8-17(26)18-16(7-13(20)9-24-18)25(14)10-12-5-4-6-15(11(12)2)19(21,22)23/h4-9H,3,10H2,1-2H3. The maximum Gasteiger partial charge on any atom is 0.416 e. The van der Waals surface area contributed by atoms with Gasteiger partial charge in [-0.15, -0.1) is 0 Å². The highest BCUT2D eigenvalue weighted by Gasteiger charge is 2.32. The minimum absolute atomic E-state index is 0.192. The monoisotopic (exact) mass is 424 g/mol. The van der Waals surface area contributed by atoms with Gasteiger partial charge in [0.05, 0.1) is 11.1 Å². The van der Waals surface area contributed by atoms with Crippen molar-refractivity contribution in [1.82, 2.24) is 9.55 Å². The zero-order valence-corrected chi connectivity index (χ0v) is 15.8. The van der Waals surface area contributed by atoms with E-state index in [1.165, 1.54) is 25.3 Å². The second kappa shape index (κ2) is 6.87. The third-order valence-corrected chi connectivity index (χ3v) is 4.88. The number of nitrogens with zero attached hydrogens (tertiary/aromatic N) is 2. The molecule has 26 heavy (non-hydrogen) atoms. The number of hydrogen-bond donors (Lipinski definition) is 0. The van der Waals surface area contributed by atoms with Crippen molar-refractivity contribution in [2.24, 2.45) is 0 Å².